The summed E-state index contributed by atoms with van der Waals surface area (Å²) in [6.07, 6.45) is 2.45. The van der Waals surface area contributed by atoms with Crippen molar-refractivity contribution in [1.82, 2.24) is 5.32 Å². The molecule has 1 aromatic carbocycles. The Bertz CT molecular complexity index is 425. The van der Waals surface area contributed by atoms with Crippen LogP contribution in [-0.4, -0.2) is 22.0 Å². The Morgan fingerprint density at radius 1 is 1.56 bits per heavy atom. The normalized spacial score (nSPS) is 23.8. The molecule has 5 heteroatoms. The predicted molar refractivity (Wildman–Crippen MR) is 74.9 cm³/mol. The highest BCUT2D eigenvalue weighted by Gasteiger charge is 2.21. The van der Waals surface area contributed by atoms with Crippen LogP contribution in [0.15, 0.2) is 24.3 Å². The summed E-state index contributed by atoms with van der Waals surface area (Å²) in [5, 5.41) is 14.8. The number of nitrogens with one attached hydrogen (secondary N) is 1. The van der Waals surface area contributed by atoms with Gasteiger partial charge in [-0.2, -0.15) is 11.8 Å². The number of hydrogen-bond donors (Lipinski definition) is 1. The zero-order chi connectivity index (χ0) is 13.0. The molecule has 1 heterocycles. The first kappa shape index (κ1) is 13.4. The van der Waals surface area contributed by atoms with Gasteiger partial charge in [0.2, 0.25) is 0 Å². The number of hydrogen-bond acceptors (Lipinski definition) is 4. The third-order valence-corrected chi connectivity index (χ3v) is 4.68. The van der Waals surface area contributed by atoms with E-state index in [1.807, 2.05) is 17.8 Å². The van der Waals surface area contributed by atoms with Crippen molar-refractivity contribution in [2.75, 3.05) is 5.75 Å². The second-order valence-corrected chi connectivity index (χ2v) is 6.12. The molecule has 0 amide bonds. The lowest BCUT2D eigenvalue weighted by Crippen LogP contribution is -2.38. The smallest absolute Gasteiger partial charge is 0.269 e. The summed E-state index contributed by atoms with van der Waals surface area (Å²) in [5.41, 5.74) is 1.15. The fourth-order valence-corrected chi connectivity index (χ4v) is 3.39. The van der Waals surface area contributed by atoms with E-state index < -0.39 is 0 Å². The van der Waals surface area contributed by atoms with E-state index >= 15 is 0 Å². The molecule has 0 bridgehead atoms. The van der Waals surface area contributed by atoms with Gasteiger partial charge in [-0.15, -0.1) is 0 Å². The molecule has 1 aliphatic heterocycles. The first-order valence-electron chi connectivity index (χ1n) is 6.25. The Kier molecular flexibility index (Phi) is 4.60. The van der Waals surface area contributed by atoms with Crippen molar-refractivity contribution >= 4 is 17.4 Å². The molecule has 1 fully saturated rings. The molecular formula is C13H18N2O2S. The highest BCUT2D eigenvalue weighted by Crippen LogP contribution is 2.25. The molecule has 0 spiro atoms. The van der Waals surface area contributed by atoms with E-state index in [1.54, 1.807) is 12.1 Å². The van der Waals surface area contributed by atoms with Gasteiger partial charge in [-0.3, -0.25) is 10.1 Å². The van der Waals surface area contributed by atoms with Crippen LogP contribution in [0.2, 0.25) is 0 Å². The van der Waals surface area contributed by atoms with Crippen LogP contribution in [-0.2, 0) is 6.54 Å². The maximum atomic E-state index is 10.7. The number of rotatable bonds is 4. The van der Waals surface area contributed by atoms with Gasteiger partial charge in [-0.1, -0.05) is 19.1 Å². The van der Waals surface area contributed by atoms with Crippen molar-refractivity contribution in [3.8, 4) is 0 Å². The van der Waals surface area contributed by atoms with Crippen molar-refractivity contribution in [2.45, 2.75) is 37.6 Å². The first-order valence-corrected chi connectivity index (χ1v) is 7.30. The van der Waals surface area contributed by atoms with Gasteiger partial charge in [0.05, 0.1) is 4.92 Å². The van der Waals surface area contributed by atoms with Crippen molar-refractivity contribution in [1.29, 1.82) is 0 Å². The highest BCUT2D eigenvalue weighted by molar-refractivity contribution is 7.99. The lowest BCUT2D eigenvalue weighted by atomic mass is 10.1. The molecule has 1 aliphatic rings. The summed E-state index contributed by atoms with van der Waals surface area (Å²) < 4.78 is 0. The number of non-ortho nitro benzene ring substituents is 1. The molecule has 1 N–H and O–H groups in total. The average Bonchev–Trinajstić information content (AvgIpc) is 2.38. The Morgan fingerprint density at radius 2 is 2.39 bits per heavy atom. The molecule has 1 aromatic rings. The molecule has 0 saturated carbocycles. The van der Waals surface area contributed by atoms with Crippen LogP contribution < -0.4 is 5.32 Å². The van der Waals surface area contributed by atoms with Crippen LogP contribution in [0.25, 0.3) is 0 Å². The first-order chi connectivity index (χ1) is 8.66. The molecule has 0 aliphatic carbocycles. The number of benzene rings is 1. The van der Waals surface area contributed by atoms with Gasteiger partial charge in [-0.05, 0) is 24.2 Å². The van der Waals surface area contributed by atoms with Crippen LogP contribution in [0, 0.1) is 10.1 Å². The minimum absolute atomic E-state index is 0.167. The largest absolute Gasteiger partial charge is 0.309 e. The summed E-state index contributed by atoms with van der Waals surface area (Å²) in [7, 11) is 0. The summed E-state index contributed by atoms with van der Waals surface area (Å²) in [6, 6.07) is 7.37. The second kappa shape index (κ2) is 6.20. The van der Waals surface area contributed by atoms with Crippen LogP contribution in [0.5, 0.6) is 0 Å². The molecule has 0 aromatic heterocycles. The third-order valence-electron chi connectivity index (χ3n) is 3.30. The Labute approximate surface area is 111 Å². The van der Waals surface area contributed by atoms with Crippen LogP contribution in [0.3, 0.4) is 0 Å². The average molecular weight is 266 g/mol. The van der Waals surface area contributed by atoms with E-state index in [0.717, 1.165) is 5.56 Å². The molecule has 0 radical (unpaired) electrons. The van der Waals surface area contributed by atoms with Gasteiger partial charge in [0.15, 0.2) is 0 Å². The van der Waals surface area contributed by atoms with E-state index in [-0.39, 0.29) is 10.6 Å². The van der Waals surface area contributed by atoms with Crippen LogP contribution >= 0.6 is 11.8 Å². The Morgan fingerprint density at radius 3 is 3.11 bits per heavy atom. The third kappa shape index (κ3) is 3.46. The van der Waals surface area contributed by atoms with E-state index in [1.165, 1.54) is 24.7 Å². The SMILES string of the molecule is CC1SCCCC1NCc1cccc([N+](=O)[O-])c1. The van der Waals surface area contributed by atoms with Gasteiger partial charge in [0.1, 0.15) is 0 Å². The van der Waals surface area contributed by atoms with E-state index in [0.29, 0.717) is 17.8 Å². The molecule has 1 saturated heterocycles. The number of thioether (sulfide) groups is 1. The fraction of sp³-hybridized carbons (Fsp3) is 0.538. The highest BCUT2D eigenvalue weighted by atomic mass is 32.2. The quantitative estimate of drug-likeness (QED) is 0.672. The fourth-order valence-electron chi connectivity index (χ4n) is 2.22. The number of nitro groups is 1. The van der Waals surface area contributed by atoms with Crippen LogP contribution in [0.1, 0.15) is 25.3 Å². The maximum absolute atomic E-state index is 10.7. The lowest BCUT2D eigenvalue weighted by molar-refractivity contribution is -0.384. The van der Waals surface area contributed by atoms with E-state index in [2.05, 4.69) is 12.2 Å². The number of nitrogens with zero attached hydrogens (tertiary/aromatic N) is 1. The molecule has 2 unspecified atom stereocenters. The summed E-state index contributed by atoms with van der Waals surface area (Å²) in [6.45, 7) is 2.95. The number of nitro benzene ring substituents is 1. The van der Waals surface area contributed by atoms with E-state index in [9.17, 15) is 10.1 Å². The van der Waals surface area contributed by atoms with Crippen molar-refractivity contribution in [3.05, 3.63) is 39.9 Å². The molecule has 98 valence electrons. The summed E-state index contributed by atoms with van der Waals surface area (Å²) >= 11 is 2.00. The van der Waals surface area contributed by atoms with Gasteiger partial charge < -0.3 is 5.32 Å². The molecule has 18 heavy (non-hydrogen) atoms. The van der Waals surface area contributed by atoms with Crippen LogP contribution in [0.4, 0.5) is 5.69 Å². The van der Waals surface area contributed by atoms with Gasteiger partial charge in [0.25, 0.3) is 5.69 Å². The van der Waals surface area contributed by atoms with Crippen molar-refractivity contribution in [3.63, 3.8) is 0 Å². The van der Waals surface area contributed by atoms with Gasteiger partial charge >= 0.3 is 0 Å². The predicted octanol–water partition coefficient (Wildman–Crippen LogP) is 2.97. The molecule has 4 nitrogen and oxygen atoms in total. The van der Waals surface area contributed by atoms with Crippen molar-refractivity contribution in [2.24, 2.45) is 0 Å². The topological polar surface area (TPSA) is 55.2 Å². The minimum atomic E-state index is -0.345. The maximum Gasteiger partial charge on any atom is 0.269 e. The van der Waals surface area contributed by atoms with Gasteiger partial charge in [-0.25, -0.2) is 0 Å². The molecule has 2 rings (SSSR count). The minimum Gasteiger partial charge on any atom is -0.309 e. The monoisotopic (exact) mass is 266 g/mol. The molecular weight excluding hydrogens is 248 g/mol. The summed E-state index contributed by atoms with van der Waals surface area (Å²) in [4.78, 5) is 10.3. The van der Waals surface area contributed by atoms with E-state index in [4.69, 9.17) is 0 Å². The second-order valence-electron chi connectivity index (χ2n) is 4.63. The lowest BCUT2D eigenvalue weighted by Gasteiger charge is -2.29. The zero-order valence-corrected chi connectivity index (χ0v) is 11.3. The Balaban J connectivity index is 1.93. The molecule has 2 atom stereocenters. The zero-order valence-electron chi connectivity index (χ0n) is 10.5. The Hall–Kier alpha value is -1.07. The van der Waals surface area contributed by atoms with Gasteiger partial charge in [0, 0.05) is 30.0 Å². The standard InChI is InChI=1S/C13H18N2O2S/c1-10-13(6-3-7-18-10)14-9-11-4-2-5-12(8-11)15(16)17/h2,4-5,8,10,13-14H,3,6-7,9H2,1H3. The summed E-state index contributed by atoms with van der Waals surface area (Å²) in [5.74, 6) is 1.25. The van der Waals surface area contributed by atoms with Crippen molar-refractivity contribution < 1.29 is 4.92 Å².